The highest BCUT2D eigenvalue weighted by Gasteiger charge is 2.30. The summed E-state index contributed by atoms with van der Waals surface area (Å²) in [6.07, 6.45) is 1.48. The van der Waals surface area contributed by atoms with Gasteiger partial charge < -0.3 is 5.32 Å². The Morgan fingerprint density at radius 3 is 2.95 bits per heavy atom. The number of nitrogens with one attached hydrogen (secondary N) is 1. The van der Waals surface area contributed by atoms with Crippen LogP contribution in [-0.2, 0) is 4.79 Å². The predicted molar refractivity (Wildman–Crippen MR) is 76.5 cm³/mol. The lowest BCUT2D eigenvalue weighted by molar-refractivity contribution is -0.115. The second-order valence-corrected chi connectivity index (χ2v) is 4.62. The van der Waals surface area contributed by atoms with E-state index in [1.54, 1.807) is 12.1 Å². The van der Waals surface area contributed by atoms with Crippen LogP contribution < -0.4 is 10.2 Å². The first-order chi connectivity index (χ1) is 10.1. The van der Waals surface area contributed by atoms with Gasteiger partial charge in [-0.25, -0.2) is 9.37 Å². The summed E-state index contributed by atoms with van der Waals surface area (Å²) >= 11 is 5.63. The Bertz CT molecular complexity index is 751. The summed E-state index contributed by atoms with van der Waals surface area (Å²) in [5.41, 5.74) is 0.654. The van der Waals surface area contributed by atoms with Crippen molar-refractivity contribution in [1.29, 1.82) is 0 Å². The van der Waals surface area contributed by atoms with E-state index in [0.717, 1.165) is 17.0 Å². The maximum absolute atomic E-state index is 13.5. The van der Waals surface area contributed by atoms with Gasteiger partial charge in [-0.2, -0.15) is 0 Å². The van der Waals surface area contributed by atoms with E-state index >= 15 is 0 Å². The zero-order valence-corrected chi connectivity index (χ0v) is 11.4. The first kappa shape index (κ1) is 13.5. The van der Waals surface area contributed by atoms with Crippen LogP contribution in [0.1, 0.15) is 10.4 Å². The summed E-state index contributed by atoms with van der Waals surface area (Å²) in [5, 5.41) is 2.65. The van der Waals surface area contributed by atoms with Crippen molar-refractivity contribution >= 4 is 40.6 Å². The molecule has 2 aromatic rings. The van der Waals surface area contributed by atoms with Gasteiger partial charge in [0.05, 0.1) is 16.9 Å². The van der Waals surface area contributed by atoms with Crippen LogP contribution in [0.2, 0.25) is 0 Å². The molecular weight excluding hydrogens is 297 g/mol. The maximum atomic E-state index is 13.5. The number of hydrogen-bond donors (Lipinski definition) is 1. The minimum absolute atomic E-state index is 0.121. The molecule has 1 aromatic heterocycles. The molecule has 0 saturated carbocycles. The van der Waals surface area contributed by atoms with Gasteiger partial charge in [-0.1, -0.05) is 0 Å². The number of carbonyl (C=O) groups is 2. The molecule has 0 saturated heterocycles. The Morgan fingerprint density at radius 1 is 1.38 bits per heavy atom. The van der Waals surface area contributed by atoms with Gasteiger partial charge in [-0.05, 0) is 30.3 Å². The molecule has 2 heterocycles. The number of aromatic nitrogens is 1. The van der Waals surface area contributed by atoms with Crippen molar-refractivity contribution in [2.24, 2.45) is 0 Å². The van der Waals surface area contributed by atoms with Gasteiger partial charge in [0.15, 0.2) is 5.82 Å². The first-order valence-electron chi connectivity index (χ1n) is 6.06. The molecule has 106 valence electrons. The van der Waals surface area contributed by atoms with Gasteiger partial charge in [-0.15, -0.1) is 11.6 Å². The lowest BCUT2D eigenvalue weighted by Crippen LogP contribution is -2.28. The van der Waals surface area contributed by atoms with E-state index in [1.165, 1.54) is 12.3 Å². The quantitative estimate of drug-likeness (QED) is 0.824. The third kappa shape index (κ3) is 2.23. The molecule has 0 spiro atoms. The number of benzene rings is 1. The van der Waals surface area contributed by atoms with Crippen LogP contribution in [0, 0.1) is 5.82 Å². The summed E-state index contributed by atoms with van der Waals surface area (Å²) in [5.74, 6) is -1.61. The molecule has 1 aliphatic heterocycles. The van der Waals surface area contributed by atoms with Crippen molar-refractivity contribution in [1.82, 2.24) is 4.98 Å². The Hall–Kier alpha value is -2.47. The Labute approximate surface area is 124 Å². The SMILES string of the molecule is O=C1Nc2cccnc2N(C(=O)CCl)c2cc(F)ccc21. The molecule has 21 heavy (non-hydrogen) atoms. The average molecular weight is 306 g/mol. The number of pyridine rings is 1. The van der Waals surface area contributed by atoms with E-state index in [-0.39, 0.29) is 22.9 Å². The van der Waals surface area contributed by atoms with Crippen molar-refractivity contribution in [3.05, 3.63) is 47.9 Å². The highest BCUT2D eigenvalue weighted by atomic mass is 35.5. The molecule has 7 heteroatoms. The van der Waals surface area contributed by atoms with Crippen molar-refractivity contribution in [2.75, 3.05) is 16.1 Å². The minimum atomic E-state index is -0.562. The standard InChI is InChI=1S/C14H9ClFN3O2/c15-7-12(20)19-11-6-8(16)3-4-9(11)14(21)18-10-2-1-5-17-13(10)19/h1-6H,7H2,(H,18,21). The van der Waals surface area contributed by atoms with Crippen molar-refractivity contribution in [2.45, 2.75) is 0 Å². The number of carbonyl (C=O) groups excluding carboxylic acids is 2. The summed E-state index contributed by atoms with van der Waals surface area (Å²) in [6, 6.07) is 6.82. The Morgan fingerprint density at radius 2 is 2.19 bits per heavy atom. The second-order valence-electron chi connectivity index (χ2n) is 4.35. The molecule has 0 fully saturated rings. The van der Waals surface area contributed by atoms with Crippen molar-refractivity contribution in [3.8, 4) is 0 Å². The third-order valence-corrected chi connectivity index (χ3v) is 3.28. The molecule has 2 amide bonds. The maximum Gasteiger partial charge on any atom is 0.257 e. The van der Waals surface area contributed by atoms with Crippen LogP contribution in [0.3, 0.4) is 0 Å². The van der Waals surface area contributed by atoms with Crippen LogP contribution in [0.5, 0.6) is 0 Å². The van der Waals surface area contributed by atoms with E-state index < -0.39 is 17.6 Å². The number of amides is 2. The van der Waals surface area contributed by atoms with E-state index in [1.807, 2.05) is 0 Å². The molecule has 0 atom stereocenters. The fourth-order valence-electron chi connectivity index (χ4n) is 2.17. The number of halogens is 2. The van der Waals surface area contributed by atoms with Gasteiger partial charge in [0.1, 0.15) is 11.7 Å². The topological polar surface area (TPSA) is 62.3 Å². The van der Waals surface area contributed by atoms with Gasteiger partial charge in [0.2, 0.25) is 5.91 Å². The summed E-state index contributed by atoms with van der Waals surface area (Å²) < 4.78 is 13.5. The lowest BCUT2D eigenvalue weighted by atomic mass is 10.1. The average Bonchev–Trinajstić information content (AvgIpc) is 2.60. The van der Waals surface area contributed by atoms with Crippen LogP contribution in [0.4, 0.5) is 21.6 Å². The normalized spacial score (nSPS) is 13.0. The monoisotopic (exact) mass is 305 g/mol. The van der Waals surface area contributed by atoms with Crippen molar-refractivity contribution in [3.63, 3.8) is 0 Å². The number of alkyl halides is 1. The molecule has 0 bridgehead atoms. The van der Waals surface area contributed by atoms with Crippen molar-refractivity contribution < 1.29 is 14.0 Å². The van der Waals surface area contributed by atoms with Gasteiger partial charge in [0, 0.05) is 6.20 Å². The second kappa shape index (κ2) is 5.14. The molecule has 1 N–H and O–H groups in total. The van der Waals surface area contributed by atoms with E-state index in [2.05, 4.69) is 10.3 Å². The fraction of sp³-hybridized carbons (Fsp3) is 0.0714. The van der Waals surface area contributed by atoms with E-state index in [0.29, 0.717) is 5.69 Å². The van der Waals surface area contributed by atoms with Gasteiger partial charge >= 0.3 is 0 Å². The first-order valence-corrected chi connectivity index (χ1v) is 6.60. The molecule has 0 aliphatic carbocycles. The number of fused-ring (bicyclic) bond motifs is 2. The third-order valence-electron chi connectivity index (χ3n) is 3.06. The fourth-order valence-corrected chi connectivity index (χ4v) is 2.29. The molecular formula is C14H9ClFN3O2. The number of nitrogens with zero attached hydrogens (tertiary/aromatic N) is 2. The molecule has 1 aromatic carbocycles. The molecule has 1 aliphatic rings. The van der Waals surface area contributed by atoms with Gasteiger partial charge in [-0.3, -0.25) is 14.5 Å². The highest BCUT2D eigenvalue weighted by molar-refractivity contribution is 6.31. The van der Waals surface area contributed by atoms with E-state index in [4.69, 9.17) is 11.6 Å². The summed E-state index contributed by atoms with van der Waals surface area (Å²) in [7, 11) is 0. The van der Waals surface area contributed by atoms with E-state index in [9.17, 15) is 14.0 Å². The van der Waals surface area contributed by atoms with Crippen LogP contribution >= 0.6 is 11.6 Å². The Kier molecular flexibility index (Phi) is 3.31. The summed E-state index contributed by atoms with van der Waals surface area (Å²) in [6.45, 7) is 0. The molecule has 5 nitrogen and oxygen atoms in total. The van der Waals surface area contributed by atoms with Crippen LogP contribution in [-0.4, -0.2) is 22.7 Å². The number of rotatable bonds is 1. The molecule has 0 unspecified atom stereocenters. The number of hydrogen-bond acceptors (Lipinski definition) is 3. The van der Waals surface area contributed by atoms with Crippen LogP contribution in [0.15, 0.2) is 36.5 Å². The zero-order chi connectivity index (χ0) is 15.0. The Balaban J connectivity index is 2.31. The largest absolute Gasteiger partial charge is 0.319 e. The summed E-state index contributed by atoms with van der Waals surface area (Å²) in [4.78, 5) is 29.6. The molecule has 3 rings (SSSR count). The lowest BCUT2D eigenvalue weighted by Gasteiger charge is -2.21. The van der Waals surface area contributed by atoms with Gasteiger partial charge in [0.25, 0.3) is 5.91 Å². The minimum Gasteiger partial charge on any atom is -0.319 e. The highest BCUT2D eigenvalue weighted by Crippen LogP contribution is 2.36. The zero-order valence-electron chi connectivity index (χ0n) is 10.6. The predicted octanol–water partition coefficient (Wildman–Crippen LogP) is 2.69. The smallest absolute Gasteiger partial charge is 0.257 e. The molecule has 0 radical (unpaired) electrons. The van der Waals surface area contributed by atoms with Crippen LogP contribution in [0.25, 0.3) is 0 Å². The number of anilines is 3.